The number of benzene rings is 1. The predicted octanol–water partition coefficient (Wildman–Crippen LogP) is 5.74. The molecule has 0 atom stereocenters. The van der Waals surface area contributed by atoms with Gasteiger partial charge in [0.15, 0.2) is 0 Å². The van der Waals surface area contributed by atoms with E-state index in [2.05, 4.69) is 34.1 Å². The van der Waals surface area contributed by atoms with Crippen LogP contribution in [0.1, 0.15) is 39.3 Å². The Labute approximate surface area is 207 Å². The zero-order valence-electron chi connectivity index (χ0n) is 19.4. The number of allylic oxidation sites excluding steroid dienone is 1. The van der Waals surface area contributed by atoms with Gasteiger partial charge in [-0.3, -0.25) is 14.2 Å². The Morgan fingerprint density at radius 3 is 2.73 bits per heavy atom. The minimum atomic E-state index is -3.74. The van der Waals surface area contributed by atoms with Gasteiger partial charge in [-0.1, -0.05) is 36.5 Å². The van der Waals surface area contributed by atoms with E-state index in [1.165, 1.54) is 22.6 Å². The number of sulfonamides is 1. The Kier molecular flexibility index (Phi) is 8.92. The molecule has 0 spiro atoms. The first-order chi connectivity index (χ1) is 15.8. The smallest absolute Gasteiger partial charge is 0.270 e. The van der Waals surface area contributed by atoms with Gasteiger partial charge in [-0.05, 0) is 64.2 Å². The second kappa shape index (κ2) is 11.5. The normalized spacial score (nSPS) is 16.4. The Balaban J connectivity index is 1.92. The van der Waals surface area contributed by atoms with Crippen molar-refractivity contribution >= 4 is 57.2 Å². The highest BCUT2D eigenvalue weighted by molar-refractivity contribution is 8.20. The van der Waals surface area contributed by atoms with Crippen LogP contribution in [0.15, 0.2) is 62.7 Å². The highest BCUT2D eigenvalue weighted by atomic mass is 32.3. The third-order valence-electron chi connectivity index (χ3n) is 5.33. The molecule has 0 unspecified atom stereocenters. The van der Waals surface area contributed by atoms with Gasteiger partial charge in [0.05, 0.1) is 23.1 Å². The van der Waals surface area contributed by atoms with Gasteiger partial charge in [0.25, 0.3) is 10.0 Å². The van der Waals surface area contributed by atoms with Crippen LogP contribution in [0, 0.1) is 0 Å². The summed E-state index contributed by atoms with van der Waals surface area (Å²) in [6, 6.07) is 7.34. The number of aromatic amines is 1. The van der Waals surface area contributed by atoms with E-state index in [4.69, 9.17) is 0 Å². The summed E-state index contributed by atoms with van der Waals surface area (Å²) in [4.78, 5) is 11.1. The van der Waals surface area contributed by atoms with Crippen LogP contribution in [0.25, 0.3) is 10.9 Å². The minimum Gasteiger partial charge on any atom is -0.352 e. The first-order valence-corrected chi connectivity index (χ1v) is 13.8. The molecule has 0 amide bonds. The molecule has 1 saturated heterocycles. The quantitative estimate of drug-likeness (QED) is 0.320. The monoisotopic (exact) mass is 504 g/mol. The van der Waals surface area contributed by atoms with Crippen molar-refractivity contribution in [1.82, 2.24) is 9.88 Å². The van der Waals surface area contributed by atoms with Crippen molar-refractivity contribution in [3.63, 3.8) is 0 Å². The summed E-state index contributed by atoms with van der Waals surface area (Å²) in [7, 11) is -3.74. The maximum atomic E-state index is 13.5. The average molecular weight is 505 g/mol. The number of hydrogen-bond donors (Lipinski definition) is 2. The van der Waals surface area contributed by atoms with Crippen molar-refractivity contribution in [3.05, 3.63) is 63.4 Å². The molecule has 0 radical (unpaired) electrons. The molecule has 1 aliphatic rings. The van der Waals surface area contributed by atoms with Crippen LogP contribution >= 0.6 is 24.4 Å². The summed E-state index contributed by atoms with van der Waals surface area (Å²) >= 11 is 5.66. The Morgan fingerprint density at radius 2 is 2.09 bits per heavy atom. The van der Waals surface area contributed by atoms with Crippen LogP contribution < -0.4 is 4.31 Å². The van der Waals surface area contributed by atoms with Crippen molar-refractivity contribution in [1.29, 1.82) is 0 Å². The van der Waals surface area contributed by atoms with E-state index in [9.17, 15) is 8.42 Å². The molecule has 178 valence electrons. The van der Waals surface area contributed by atoms with Crippen molar-refractivity contribution < 1.29 is 8.42 Å². The average Bonchev–Trinajstić information content (AvgIpc) is 3.41. The fourth-order valence-corrected chi connectivity index (χ4v) is 6.93. The lowest BCUT2D eigenvalue weighted by molar-refractivity contribution is 0.375. The number of thioether (sulfide) groups is 1. The summed E-state index contributed by atoms with van der Waals surface area (Å²) in [5, 5.41) is 2.45. The van der Waals surface area contributed by atoms with Gasteiger partial charge in [0.2, 0.25) is 0 Å². The minimum absolute atomic E-state index is 0.251. The van der Waals surface area contributed by atoms with Crippen LogP contribution in [0.5, 0.6) is 0 Å². The van der Waals surface area contributed by atoms with Crippen molar-refractivity contribution in [3.8, 4) is 0 Å². The van der Waals surface area contributed by atoms with Crippen molar-refractivity contribution in [2.75, 3.05) is 23.9 Å². The number of thiol groups is 1. The van der Waals surface area contributed by atoms with E-state index in [1.54, 1.807) is 25.4 Å². The number of H-pyrrole nitrogens is 1. The Hall–Kier alpha value is -1.94. The third kappa shape index (κ3) is 6.15. The third-order valence-corrected chi connectivity index (χ3v) is 9.02. The van der Waals surface area contributed by atoms with Crippen molar-refractivity contribution in [2.45, 2.75) is 39.7 Å². The molecule has 1 aromatic heterocycles. The van der Waals surface area contributed by atoms with Gasteiger partial charge in [-0.2, -0.15) is 0 Å². The number of nitrogens with zero attached hydrogens (tertiary/aromatic N) is 3. The van der Waals surface area contributed by atoms with Gasteiger partial charge in [-0.25, -0.2) is 8.42 Å². The molecule has 1 fully saturated rings. The number of aromatic nitrogens is 1. The SMILES string of the molecule is C=CS/C(=C\C)S(=O)(=O)N(c1cccc2cc(C=N/C=C(\S)CN3CCCC3)[nH]c12)C(C)C. The first kappa shape index (κ1) is 25.7. The number of aliphatic imine (C=N–C) groups is 1. The number of rotatable bonds is 10. The number of anilines is 1. The molecule has 2 aromatic rings. The molecular formula is C24H32N4O2S3. The highest BCUT2D eigenvalue weighted by Crippen LogP contribution is 2.35. The Bertz CT molecular complexity index is 1170. The van der Waals surface area contributed by atoms with E-state index >= 15 is 0 Å². The van der Waals surface area contributed by atoms with Gasteiger partial charge < -0.3 is 4.98 Å². The molecule has 1 aliphatic heterocycles. The first-order valence-electron chi connectivity index (χ1n) is 11.0. The zero-order valence-corrected chi connectivity index (χ0v) is 21.9. The molecule has 1 N–H and O–H groups in total. The number of likely N-dealkylation sites (tertiary alicyclic amines) is 1. The van der Waals surface area contributed by atoms with Gasteiger partial charge in [0, 0.05) is 29.1 Å². The molecule has 6 nitrogen and oxygen atoms in total. The number of para-hydroxylation sites is 1. The van der Waals surface area contributed by atoms with Crippen LogP contribution in [-0.4, -0.2) is 50.2 Å². The molecule has 9 heteroatoms. The summed E-state index contributed by atoms with van der Waals surface area (Å²) < 4.78 is 28.6. The maximum Gasteiger partial charge on any atom is 0.270 e. The second-order valence-corrected chi connectivity index (χ2v) is 11.8. The summed E-state index contributed by atoms with van der Waals surface area (Å²) in [6.45, 7) is 12.2. The fraction of sp³-hybridized carbons (Fsp3) is 0.375. The largest absolute Gasteiger partial charge is 0.352 e. The van der Waals surface area contributed by atoms with Crippen molar-refractivity contribution in [2.24, 2.45) is 4.99 Å². The molecule has 1 aromatic carbocycles. The van der Waals surface area contributed by atoms with E-state index in [-0.39, 0.29) is 10.3 Å². The van der Waals surface area contributed by atoms with Gasteiger partial charge in [0.1, 0.15) is 4.24 Å². The van der Waals surface area contributed by atoms with Gasteiger partial charge in [-0.15, -0.1) is 12.6 Å². The summed E-state index contributed by atoms with van der Waals surface area (Å²) in [5.74, 6) is 0. The van der Waals surface area contributed by atoms with E-state index in [0.717, 1.165) is 52.9 Å². The number of fused-ring (bicyclic) bond motifs is 1. The molecule has 2 heterocycles. The standard InChI is InChI=1S/C24H32N4O2S3/c1-5-23(32-6-2)33(29,30)28(18(3)4)22-11-9-10-19-14-20(26-24(19)22)15-25-16-21(31)17-27-12-7-8-13-27/h5-6,9-11,14-16,18,26,31H,2,7-8,12-13,17H2,1,3-4H3/b21-16-,23-5+,25-15?. The predicted molar refractivity (Wildman–Crippen MR) is 147 cm³/mol. The number of nitrogens with one attached hydrogen (secondary N) is 1. The second-order valence-electron chi connectivity index (χ2n) is 8.13. The number of hydrogen-bond acceptors (Lipinski definition) is 6. The summed E-state index contributed by atoms with van der Waals surface area (Å²) in [6.07, 6.45) is 7.60. The van der Waals surface area contributed by atoms with E-state index in [1.807, 2.05) is 38.1 Å². The molecule has 0 bridgehead atoms. The van der Waals surface area contributed by atoms with E-state index in [0.29, 0.717) is 5.69 Å². The zero-order chi connectivity index (χ0) is 24.0. The van der Waals surface area contributed by atoms with Crippen LogP contribution in [0.4, 0.5) is 5.69 Å². The molecular weight excluding hydrogens is 472 g/mol. The van der Waals surface area contributed by atoms with E-state index < -0.39 is 10.0 Å². The van der Waals surface area contributed by atoms with Crippen LogP contribution in [-0.2, 0) is 10.0 Å². The van der Waals surface area contributed by atoms with Crippen LogP contribution in [0.2, 0.25) is 0 Å². The lowest BCUT2D eigenvalue weighted by Gasteiger charge is -2.29. The highest BCUT2D eigenvalue weighted by Gasteiger charge is 2.30. The van der Waals surface area contributed by atoms with Crippen LogP contribution in [0.3, 0.4) is 0 Å². The fourth-order valence-electron chi connectivity index (χ4n) is 3.97. The van der Waals surface area contributed by atoms with Gasteiger partial charge >= 0.3 is 0 Å². The molecule has 0 aliphatic carbocycles. The molecule has 0 saturated carbocycles. The summed E-state index contributed by atoms with van der Waals surface area (Å²) in [5.41, 5.74) is 2.15. The maximum absolute atomic E-state index is 13.5. The lowest BCUT2D eigenvalue weighted by Crippen LogP contribution is -2.37. The topological polar surface area (TPSA) is 68.8 Å². The molecule has 3 rings (SSSR count). The lowest BCUT2D eigenvalue weighted by atomic mass is 10.2. The molecule has 33 heavy (non-hydrogen) atoms. The Morgan fingerprint density at radius 1 is 1.36 bits per heavy atom.